The highest BCUT2D eigenvalue weighted by Gasteiger charge is 2.19. The van der Waals surface area contributed by atoms with Crippen LogP contribution in [0.25, 0.3) is 72.4 Å². The van der Waals surface area contributed by atoms with Gasteiger partial charge in [0.15, 0.2) is 5.58 Å². The van der Waals surface area contributed by atoms with Gasteiger partial charge in [-0.25, -0.2) is 4.98 Å². The summed E-state index contributed by atoms with van der Waals surface area (Å²) in [7, 11) is 0. The monoisotopic (exact) mass is 513 g/mol. The van der Waals surface area contributed by atoms with E-state index >= 15 is 0 Å². The maximum atomic E-state index is 6.16. The van der Waals surface area contributed by atoms with Gasteiger partial charge in [0.05, 0.1) is 16.7 Å². The SMILES string of the molecule is c1ccc(-c2cccc3c4ccc(-c5nc6ccccc6o5)cc4n(-c4cccc(-c5ccccn5)c4)c23)cc1. The van der Waals surface area contributed by atoms with Crippen LogP contribution in [-0.2, 0) is 0 Å². The molecule has 0 aliphatic carbocycles. The third-order valence-corrected chi connectivity index (χ3v) is 7.48. The maximum absolute atomic E-state index is 6.16. The van der Waals surface area contributed by atoms with E-state index in [1.165, 1.54) is 21.9 Å². The molecule has 4 heteroatoms. The molecule has 0 radical (unpaired) electrons. The van der Waals surface area contributed by atoms with Crippen LogP contribution in [0.1, 0.15) is 0 Å². The summed E-state index contributed by atoms with van der Waals surface area (Å²) in [6.07, 6.45) is 1.84. The third-order valence-electron chi connectivity index (χ3n) is 7.48. The zero-order valence-corrected chi connectivity index (χ0v) is 21.5. The fourth-order valence-electron chi connectivity index (χ4n) is 5.65. The summed E-state index contributed by atoms with van der Waals surface area (Å²) in [5.74, 6) is 0.616. The number of para-hydroxylation sites is 3. The Morgan fingerprint density at radius 2 is 1.40 bits per heavy atom. The summed E-state index contributed by atoms with van der Waals surface area (Å²) >= 11 is 0. The average molecular weight is 514 g/mol. The fourth-order valence-corrected chi connectivity index (χ4v) is 5.65. The first-order valence-electron chi connectivity index (χ1n) is 13.3. The van der Waals surface area contributed by atoms with Crippen LogP contribution < -0.4 is 0 Å². The number of hydrogen-bond donors (Lipinski definition) is 0. The predicted octanol–water partition coefficient (Wildman–Crippen LogP) is 9.32. The lowest BCUT2D eigenvalue weighted by molar-refractivity contribution is 0.620. The summed E-state index contributed by atoms with van der Waals surface area (Å²) in [6.45, 7) is 0. The summed E-state index contributed by atoms with van der Waals surface area (Å²) in [6, 6.07) is 46.1. The van der Waals surface area contributed by atoms with Crippen LogP contribution in [0.2, 0.25) is 0 Å². The van der Waals surface area contributed by atoms with Crippen molar-refractivity contribution in [3.63, 3.8) is 0 Å². The molecule has 0 atom stereocenters. The van der Waals surface area contributed by atoms with Gasteiger partial charge < -0.3 is 8.98 Å². The number of pyridine rings is 1. The number of nitrogens with zero attached hydrogens (tertiary/aromatic N) is 3. The van der Waals surface area contributed by atoms with Crippen LogP contribution in [0, 0.1) is 0 Å². The minimum atomic E-state index is 0.616. The number of aromatic nitrogens is 3. The largest absolute Gasteiger partial charge is 0.436 e. The van der Waals surface area contributed by atoms with E-state index in [2.05, 4.69) is 101 Å². The van der Waals surface area contributed by atoms with E-state index in [9.17, 15) is 0 Å². The van der Waals surface area contributed by atoms with E-state index in [0.29, 0.717) is 5.89 Å². The molecule has 0 saturated carbocycles. The second kappa shape index (κ2) is 9.07. The van der Waals surface area contributed by atoms with E-state index in [1.807, 2.05) is 48.7 Å². The first-order chi connectivity index (χ1) is 19.8. The van der Waals surface area contributed by atoms with Gasteiger partial charge in [-0.05, 0) is 54.1 Å². The van der Waals surface area contributed by atoms with Gasteiger partial charge in [0.2, 0.25) is 5.89 Å². The van der Waals surface area contributed by atoms with E-state index in [0.717, 1.165) is 44.6 Å². The van der Waals surface area contributed by atoms with Crippen molar-refractivity contribution in [3.05, 3.63) is 140 Å². The summed E-state index contributed by atoms with van der Waals surface area (Å²) < 4.78 is 8.53. The molecule has 3 heterocycles. The molecule has 0 aliphatic heterocycles. The minimum absolute atomic E-state index is 0.616. The zero-order valence-electron chi connectivity index (χ0n) is 21.5. The van der Waals surface area contributed by atoms with Crippen molar-refractivity contribution >= 4 is 32.9 Å². The minimum Gasteiger partial charge on any atom is -0.436 e. The normalized spacial score (nSPS) is 11.5. The number of oxazole rings is 1. The lowest BCUT2D eigenvalue weighted by Crippen LogP contribution is -1.96. The van der Waals surface area contributed by atoms with E-state index in [1.54, 1.807) is 0 Å². The fraction of sp³-hybridized carbons (Fsp3) is 0. The molecule has 0 unspecified atom stereocenters. The van der Waals surface area contributed by atoms with Gasteiger partial charge >= 0.3 is 0 Å². The van der Waals surface area contributed by atoms with Crippen LogP contribution in [0.3, 0.4) is 0 Å². The van der Waals surface area contributed by atoms with Crippen LogP contribution in [0.4, 0.5) is 0 Å². The highest BCUT2D eigenvalue weighted by atomic mass is 16.3. The standard InChI is InChI=1S/C36H23N3O/c1-2-10-24(11-3-1)28-14-9-15-30-29-20-19-26(36-38-32-17-4-5-18-34(32)40-36)23-33(29)39(35(28)30)27-13-8-12-25(22-27)31-16-6-7-21-37-31/h1-23H. The second-order valence-corrected chi connectivity index (χ2v) is 9.89. The smallest absolute Gasteiger partial charge is 0.227 e. The molecule has 0 saturated heterocycles. The lowest BCUT2D eigenvalue weighted by atomic mass is 10.0. The summed E-state index contributed by atoms with van der Waals surface area (Å²) in [5.41, 5.74) is 10.3. The molecule has 3 aromatic heterocycles. The van der Waals surface area contributed by atoms with E-state index in [-0.39, 0.29) is 0 Å². The van der Waals surface area contributed by atoms with Gasteiger partial charge in [-0.15, -0.1) is 0 Å². The van der Waals surface area contributed by atoms with Crippen molar-refractivity contribution in [2.45, 2.75) is 0 Å². The van der Waals surface area contributed by atoms with Gasteiger partial charge in [-0.3, -0.25) is 4.98 Å². The Hall–Kier alpha value is -5.48. The molecular formula is C36H23N3O. The van der Waals surface area contributed by atoms with E-state index in [4.69, 9.17) is 9.40 Å². The Bertz CT molecular complexity index is 2130. The van der Waals surface area contributed by atoms with Crippen LogP contribution >= 0.6 is 0 Å². The molecular weight excluding hydrogens is 490 g/mol. The summed E-state index contributed by atoms with van der Waals surface area (Å²) in [5, 5.41) is 2.37. The second-order valence-electron chi connectivity index (χ2n) is 9.89. The molecule has 0 bridgehead atoms. The Balaban J connectivity index is 1.44. The number of fused-ring (bicyclic) bond motifs is 4. The van der Waals surface area contributed by atoms with Crippen molar-refractivity contribution in [3.8, 4) is 39.5 Å². The lowest BCUT2D eigenvalue weighted by Gasteiger charge is -2.13. The molecule has 188 valence electrons. The van der Waals surface area contributed by atoms with E-state index < -0.39 is 0 Å². The Morgan fingerprint density at radius 1 is 0.575 bits per heavy atom. The summed E-state index contributed by atoms with van der Waals surface area (Å²) in [4.78, 5) is 9.39. The van der Waals surface area contributed by atoms with Gasteiger partial charge in [-0.2, -0.15) is 0 Å². The Morgan fingerprint density at radius 3 is 2.27 bits per heavy atom. The quantitative estimate of drug-likeness (QED) is 0.235. The first-order valence-corrected chi connectivity index (χ1v) is 13.3. The molecule has 0 spiro atoms. The van der Waals surface area contributed by atoms with Crippen LogP contribution in [0.15, 0.2) is 144 Å². The molecule has 8 rings (SSSR count). The van der Waals surface area contributed by atoms with Crippen molar-refractivity contribution in [2.24, 2.45) is 0 Å². The highest BCUT2D eigenvalue weighted by molar-refractivity contribution is 6.14. The molecule has 8 aromatic rings. The molecule has 4 nitrogen and oxygen atoms in total. The maximum Gasteiger partial charge on any atom is 0.227 e. The predicted molar refractivity (Wildman–Crippen MR) is 162 cm³/mol. The molecule has 0 N–H and O–H groups in total. The van der Waals surface area contributed by atoms with Gasteiger partial charge in [-0.1, -0.05) is 84.9 Å². The van der Waals surface area contributed by atoms with Gasteiger partial charge in [0, 0.05) is 39.3 Å². The molecule has 0 fully saturated rings. The van der Waals surface area contributed by atoms with Crippen LogP contribution in [-0.4, -0.2) is 14.5 Å². The molecule has 0 aliphatic rings. The number of rotatable bonds is 4. The highest BCUT2D eigenvalue weighted by Crippen LogP contribution is 2.40. The van der Waals surface area contributed by atoms with Gasteiger partial charge in [0.25, 0.3) is 0 Å². The van der Waals surface area contributed by atoms with Crippen LogP contribution in [0.5, 0.6) is 0 Å². The average Bonchev–Trinajstić information content (AvgIpc) is 3.61. The molecule has 5 aromatic carbocycles. The van der Waals surface area contributed by atoms with Crippen molar-refractivity contribution in [1.29, 1.82) is 0 Å². The zero-order chi connectivity index (χ0) is 26.5. The Kier molecular flexibility index (Phi) is 5.10. The first kappa shape index (κ1) is 22.5. The number of benzene rings is 5. The Labute approximate surface area is 230 Å². The van der Waals surface area contributed by atoms with Crippen molar-refractivity contribution < 1.29 is 4.42 Å². The van der Waals surface area contributed by atoms with Crippen molar-refractivity contribution in [1.82, 2.24) is 14.5 Å². The third kappa shape index (κ3) is 3.62. The van der Waals surface area contributed by atoms with Gasteiger partial charge in [0.1, 0.15) is 5.52 Å². The molecule has 0 amide bonds. The molecule has 40 heavy (non-hydrogen) atoms. The topological polar surface area (TPSA) is 43.9 Å². The van der Waals surface area contributed by atoms with Crippen molar-refractivity contribution in [2.75, 3.05) is 0 Å². The number of hydrogen-bond acceptors (Lipinski definition) is 3.